The fourth-order valence-corrected chi connectivity index (χ4v) is 1.85. The van der Waals surface area contributed by atoms with Crippen LogP contribution in [-0.2, 0) is 5.33 Å². The van der Waals surface area contributed by atoms with Gasteiger partial charge in [-0.25, -0.2) is 0 Å². The van der Waals surface area contributed by atoms with E-state index in [-0.39, 0.29) is 0 Å². The minimum absolute atomic E-state index is 0.855. The molecule has 0 saturated carbocycles. The fraction of sp³-hybridized carbons (Fsp3) is 0.154. The number of nitrogens with zero attached hydrogens (tertiary/aromatic N) is 1. The number of aromatic nitrogens is 1. The van der Waals surface area contributed by atoms with Crippen molar-refractivity contribution in [3.63, 3.8) is 0 Å². The molecule has 0 fully saturated rings. The Balaban J connectivity index is 2.42. The first kappa shape index (κ1) is 10.4. The van der Waals surface area contributed by atoms with Crippen LogP contribution in [0.15, 0.2) is 42.6 Å². The number of pyridine rings is 1. The Hall–Kier alpha value is -1.15. The van der Waals surface area contributed by atoms with Gasteiger partial charge in [-0.05, 0) is 24.1 Å². The zero-order chi connectivity index (χ0) is 10.7. The van der Waals surface area contributed by atoms with Crippen LogP contribution in [0.3, 0.4) is 0 Å². The van der Waals surface area contributed by atoms with Crippen molar-refractivity contribution in [3.05, 3.63) is 53.7 Å². The van der Waals surface area contributed by atoms with Gasteiger partial charge in [0.05, 0.1) is 5.69 Å². The molecule has 0 aliphatic carbocycles. The van der Waals surface area contributed by atoms with Crippen molar-refractivity contribution >= 4 is 15.9 Å². The van der Waals surface area contributed by atoms with E-state index in [9.17, 15) is 0 Å². The molecule has 2 rings (SSSR count). The van der Waals surface area contributed by atoms with Crippen LogP contribution in [0.2, 0.25) is 0 Å². The molecule has 2 aromatic rings. The van der Waals surface area contributed by atoms with Gasteiger partial charge in [-0.2, -0.15) is 0 Å². The minimum atomic E-state index is 0.855. The molecular weight excluding hydrogens is 250 g/mol. The van der Waals surface area contributed by atoms with Crippen molar-refractivity contribution in [2.45, 2.75) is 12.3 Å². The van der Waals surface area contributed by atoms with Gasteiger partial charge in [-0.15, -0.1) is 0 Å². The summed E-state index contributed by atoms with van der Waals surface area (Å²) in [6.45, 7) is 2.11. The molecule has 0 unspecified atom stereocenters. The molecule has 0 aliphatic rings. The second-order valence-electron chi connectivity index (χ2n) is 3.50. The Morgan fingerprint density at radius 3 is 2.53 bits per heavy atom. The van der Waals surface area contributed by atoms with Crippen LogP contribution in [0.1, 0.15) is 11.1 Å². The SMILES string of the molecule is Cc1ccccc1-c1ccc(CBr)cn1. The van der Waals surface area contributed by atoms with Gasteiger partial charge in [0.2, 0.25) is 0 Å². The highest BCUT2D eigenvalue weighted by molar-refractivity contribution is 9.08. The van der Waals surface area contributed by atoms with E-state index in [1.54, 1.807) is 0 Å². The summed E-state index contributed by atoms with van der Waals surface area (Å²) in [4.78, 5) is 4.45. The minimum Gasteiger partial charge on any atom is -0.256 e. The Labute approximate surface area is 98.3 Å². The number of hydrogen-bond acceptors (Lipinski definition) is 1. The molecule has 0 amide bonds. The first-order chi connectivity index (χ1) is 7.31. The molecule has 0 saturated heterocycles. The maximum Gasteiger partial charge on any atom is 0.0704 e. The summed E-state index contributed by atoms with van der Waals surface area (Å²) in [6.07, 6.45) is 1.91. The maximum atomic E-state index is 4.45. The summed E-state index contributed by atoms with van der Waals surface area (Å²) >= 11 is 3.41. The van der Waals surface area contributed by atoms with Gasteiger partial charge in [0.1, 0.15) is 0 Å². The lowest BCUT2D eigenvalue weighted by molar-refractivity contribution is 1.25. The van der Waals surface area contributed by atoms with E-state index in [1.807, 2.05) is 18.3 Å². The third-order valence-electron chi connectivity index (χ3n) is 2.40. The molecule has 0 aliphatic heterocycles. The third kappa shape index (κ3) is 2.26. The van der Waals surface area contributed by atoms with Gasteiger partial charge in [0.15, 0.2) is 0 Å². The molecule has 1 aromatic carbocycles. The van der Waals surface area contributed by atoms with Crippen molar-refractivity contribution in [1.82, 2.24) is 4.98 Å². The number of hydrogen-bond donors (Lipinski definition) is 0. The number of halogens is 1. The summed E-state index contributed by atoms with van der Waals surface area (Å²) in [6, 6.07) is 12.5. The highest BCUT2D eigenvalue weighted by Crippen LogP contribution is 2.21. The first-order valence-corrected chi connectivity index (χ1v) is 6.00. The van der Waals surface area contributed by atoms with Crippen LogP contribution in [0, 0.1) is 6.92 Å². The Morgan fingerprint density at radius 2 is 1.93 bits per heavy atom. The standard InChI is InChI=1S/C13H12BrN/c1-10-4-2-3-5-12(10)13-7-6-11(8-14)9-15-13/h2-7,9H,8H2,1H3. The zero-order valence-corrected chi connectivity index (χ0v) is 10.2. The van der Waals surface area contributed by atoms with E-state index in [0.29, 0.717) is 0 Å². The lowest BCUT2D eigenvalue weighted by Crippen LogP contribution is -1.87. The van der Waals surface area contributed by atoms with Crippen molar-refractivity contribution in [2.24, 2.45) is 0 Å². The van der Waals surface area contributed by atoms with Crippen LogP contribution in [-0.4, -0.2) is 4.98 Å². The average Bonchev–Trinajstić information content (AvgIpc) is 2.30. The molecule has 1 heterocycles. The smallest absolute Gasteiger partial charge is 0.0704 e. The molecular formula is C13H12BrN. The molecule has 0 N–H and O–H groups in total. The maximum absolute atomic E-state index is 4.45. The van der Waals surface area contributed by atoms with E-state index >= 15 is 0 Å². The van der Waals surface area contributed by atoms with Gasteiger partial charge < -0.3 is 0 Å². The van der Waals surface area contributed by atoms with E-state index in [1.165, 1.54) is 16.7 Å². The Kier molecular flexibility index (Phi) is 3.17. The van der Waals surface area contributed by atoms with Gasteiger partial charge in [-0.1, -0.05) is 46.3 Å². The zero-order valence-electron chi connectivity index (χ0n) is 8.57. The number of aryl methyl sites for hydroxylation is 1. The van der Waals surface area contributed by atoms with E-state index < -0.39 is 0 Å². The van der Waals surface area contributed by atoms with Crippen molar-refractivity contribution in [3.8, 4) is 11.3 Å². The molecule has 0 bridgehead atoms. The normalized spacial score (nSPS) is 10.3. The van der Waals surface area contributed by atoms with Crippen molar-refractivity contribution < 1.29 is 0 Å². The molecule has 76 valence electrons. The summed E-state index contributed by atoms with van der Waals surface area (Å²) in [5.41, 5.74) is 4.71. The third-order valence-corrected chi connectivity index (χ3v) is 3.05. The summed E-state index contributed by atoms with van der Waals surface area (Å²) in [5.74, 6) is 0. The van der Waals surface area contributed by atoms with Crippen LogP contribution in [0.5, 0.6) is 0 Å². The first-order valence-electron chi connectivity index (χ1n) is 4.88. The molecule has 0 spiro atoms. The molecule has 1 nitrogen and oxygen atoms in total. The van der Waals surface area contributed by atoms with Crippen molar-refractivity contribution in [1.29, 1.82) is 0 Å². The monoisotopic (exact) mass is 261 g/mol. The van der Waals surface area contributed by atoms with Gasteiger partial charge in [0.25, 0.3) is 0 Å². The summed E-state index contributed by atoms with van der Waals surface area (Å²) < 4.78 is 0. The second-order valence-corrected chi connectivity index (χ2v) is 4.06. The number of alkyl halides is 1. The Bertz CT molecular complexity index is 448. The molecule has 15 heavy (non-hydrogen) atoms. The van der Waals surface area contributed by atoms with Crippen LogP contribution < -0.4 is 0 Å². The highest BCUT2D eigenvalue weighted by atomic mass is 79.9. The number of benzene rings is 1. The molecule has 2 heteroatoms. The molecule has 0 radical (unpaired) electrons. The van der Waals surface area contributed by atoms with E-state index in [2.05, 4.69) is 52.1 Å². The number of rotatable bonds is 2. The van der Waals surface area contributed by atoms with Gasteiger partial charge in [0, 0.05) is 17.1 Å². The average molecular weight is 262 g/mol. The van der Waals surface area contributed by atoms with Gasteiger partial charge in [-0.3, -0.25) is 4.98 Å². The Morgan fingerprint density at radius 1 is 1.13 bits per heavy atom. The largest absolute Gasteiger partial charge is 0.256 e. The van der Waals surface area contributed by atoms with Crippen LogP contribution >= 0.6 is 15.9 Å². The summed E-state index contributed by atoms with van der Waals surface area (Å²) in [7, 11) is 0. The topological polar surface area (TPSA) is 12.9 Å². The van der Waals surface area contributed by atoms with E-state index in [4.69, 9.17) is 0 Å². The predicted octanol–water partition coefficient (Wildman–Crippen LogP) is 3.95. The summed E-state index contributed by atoms with van der Waals surface area (Å²) in [5, 5.41) is 0.855. The van der Waals surface area contributed by atoms with E-state index in [0.717, 1.165) is 11.0 Å². The lowest BCUT2D eigenvalue weighted by Gasteiger charge is -2.04. The quantitative estimate of drug-likeness (QED) is 0.747. The predicted molar refractivity (Wildman–Crippen MR) is 67.0 cm³/mol. The molecule has 0 atom stereocenters. The van der Waals surface area contributed by atoms with Crippen LogP contribution in [0.25, 0.3) is 11.3 Å². The highest BCUT2D eigenvalue weighted by Gasteiger charge is 2.01. The second kappa shape index (κ2) is 4.58. The van der Waals surface area contributed by atoms with Crippen molar-refractivity contribution in [2.75, 3.05) is 0 Å². The molecule has 1 aromatic heterocycles. The fourth-order valence-electron chi connectivity index (χ4n) is 1.52. The van der Waals surface area contributed by atoms with Crippen LogP contribution in [0.4, 0.5) is 0 Å². The van der Waals surface area contributed by atoms with Gasteiger partial charge >= 0.3 is 0 Å². The lowest BCUT2D eigenvalue weighted by atomic mass is 10.1.